The van der Waals surface area contributed by atoms with E-state index in [0.29, 0.717) is 5.04 Å². The summed E-state index contributed by atoms with van der Waals surface area (Å²) in [5.41, 5.74) is 5.94. The maximum absolute atomic E-state index is 13.0. The van der Waals surface area contributed by atoms with Gasteiger partial charge in [0, 0.05) is 11.1 Å². The molecular formula is C27H26N4O2S. The number of carbonyl (C=O) groups is 1. The fourth-order valence-electron chi connectivity index (χ4n) is 4.39. The molecule has 0 bridgehead atoms. The smallest absolute Gasteiger partial charge is 0.365 e. The van der Waals surface area contributed by atoms with E-state index in [1.165, 1.54) is 11.8 Å². The average Bonchev–Trinajstić information content (AvgIpc) is 3.26. The lowest BCUT2D eigenvalue weighted by molar-refractivity contribution is -0.134. The summed E-state index contributed by atoms with van der Waals surface area (Å²) in [6.07, 6.45) is 0.775. The Balaban J connectivity index is 1.81. The maximum Gasteiger partial charge on any atom is 0.365 e. The minimum atomic E-state index is -0.940. The predicted molar refractivity (Wildman–Crippen MR) is 139 cm³/mol. The highest BCUT2D eigenvalue weighted by Crippen LogP contribution is 2.55. The molecule has 0 unspecified atom stereocenters. The van der Waals surface area contributed by atoms with Crippen LogP contribution in [0, 0.1) is 6.92 Å². The van der Waals surface area contributed by atoms with Crippen molar-refractivity contribution >= 4 is 39.9 Å². The van der Waals surface area contributed by atoms with Gasteiger partial charge in [0.2, 0.25) is 10.0 Å². The largest absolute Gasteiger partial charge is 0.461 e. The lowest BCUT2D eigenvalue weighted by atomic mass is 9.96. The van der Waals surface area contributed by atoms with Crippen LogP contribution in [0.15, 0.2) is 89.1 Å². The van der Waals surface area contributed by atoms with Gasteiger partial charge in [0.1, 0.15) is 0 Å². The number of carbonyl (C=O) groups excluding carboxylic acids is 1. The molecule has 6 nitrogen and oxygen atoms in total. The molecule has 0 aliphatic carbocycles. The molecule has 0 saturated carbocycles. The van der Waals surface area contributed by atoms with Gasteiger partial charge in [0.25, 0.3) is 0 Å². The number of benzene rings is 3. The van der Waals surface area contributed by atoms with Crippen molar-refractivity contribution in [3.05, 3.63) is 95.6 Å². The van der Waals surface area contributed by atoms with Crippen LogP contribution in [-0.2, 0) is 14.5 Å². The number of esters is 1. The number of hydrogen-bond acceptors (Lipinski definition) is 7. The van der Waals surface area contributed by atoms with Gasteiger partial charge in [-0.1, -0.05) is 67.6 Å². The number of hydrogen-bond donors (Lipinski definition) is 0. The lowest BCUT2D eigenvalue weighted by Crippen LogP contribution is -2.54. The average molecular weight is 471 g/mol. The number of hydrazone groups is 2. The molecule has 1 spiro atoms. The Hall–Kier alpha value is -3.58. The van der Waals surface area contributed by atoms with Crippen molar-refractivity contribution in [2.24, 2.45) is 10.2 Å². The summed E-state index contributed by atoms with van der Waals surface area (Å²) >= 11 is 1.37. The number of para-hydroxylation sites is 2. The Bertz CT molecular complexity index is 1290. The molecule has 0 radical (unpaired) electrons. The van der Waals surface area contributed by atoms with Crippen molar-refractivity contribution in [3.63, 3.8) is 0 Å². The van der Waals surface area contributed by atoms with Gasteiger partial charge in [-0.2, -0.15) is 10.2 Å². The summed E-state index contributed by atoms with van der Waals surface area (Å²) in [4.78, 5) is 12.0. The van der Waals surface area contributed by atoms with Crippen LogP contribution >= 0.6 is 11.8 Å². The molecule has 34 heavy (non-hydrogen) atoms. The topological polar surface area (TPSA) is 57.5 Å². The van der Waals surface area contributed by atoms with Crippen LogP contribution in [0.2, 0.25) is 0 Å². The molecule has 1 atom stereocenters. The predicted octanol–water partition coefficient (Wildman–Crippen LogP) is 5.87. The van der Waals surface area contributed by atoms with Crippen LogP contribution in [0.5, 0.6) is 0 Å². The zero-order valence-electron chi connectivity index (χ0n) is 19.4. The lowest BCUT2D eigenvalue weighted by Gasteiger charge is -2.47. The summed E-state index contributed by atoms with van der Waals surface area (Å²) in [7, 11) is 0. The van der Waals surface area contributed by atoms with Crippen molar-refractivity contribution in [2.75, 3.05) is 16.6 Å². The molecule has 7 heteroatoms. The zero-order chi connectivity index (χ0) is 23.7. The summed E-state index contributed by atoms with van der Waals surface area (Å²) < 4.78 is 5.37. The molecule has 0 aromatic heterocycles. The summed E-state index contributed by atoms with van der Waals surface area (Å²) in [6.45, 7) is 6.25. The molecule has 3 aromatic carbocycles. The second-order valence-electron chi connectivity index (χ2n) is 8.03. The Morgan fingerprint density at radius 1 is 0.912 bits per heavy atom. The normalized spacial score (nSPS) is 19.0. The van der Waals surface area contributed by atoms with Crippen LogP contribution in [0.25, 0.3) is 0 Å². The van der Waals surface area contributed by atoms with E-state index in [2.05, 4.69) is 19.1 Å². The van der Waals surface area contributed by atoms with Crippen molar-refractivity contribution < 1.29 is 9.53 Å². The number of thioether (sulfide) groups is 1. The first-order valence-electron chi connectivity index (χ1n) is 11.4. The Morgan fingerprint density at radius 3 is 2.35 bits per heavy atom. The zero-order valence-corrected chi connectivity index (χ0v) is 20.2. The van der Waals surface area contributed by atoms with Crippen LogP contribution in [0.4, 0.5) is 11.4 Å². The van der Waals surface area contributed by atoms with E-state index < -0.39 is 11.0 Å². The highest BCUT2D eigenvalue weighted by atomic mass is 32.2. The molecule has 5 rings (SSSR count). The minimum absolute atomic E-state index is 0.285. The summed E-state index contributed by atoms with van der Waals surface area (Å²) in [5, 5.41) is 14.3. The van der Waals surface area contributed by atoms with Gasteiger partial charge in [-0.05, 0) is 55.8 Å². The van der Waals surface area contributed by atoms with Crippen LogP contribution in [-0.4, -0.2) is 23.3 Å². The Morgan fingerprint density at radius 2 is 1.62 bits per heavy atom. The number of fused-ring (bicyclic) bond motifs is 2. The fourth-order valence-corrected chi connectivity index (χ4v) is 5.67. The van der Waals surface area contributed by atoms with Gasteiger partial charge in [-0.25, -0.2) is 14.8 Å². The highest BCUT2D eigenvalue weighted by molar-refractivity contribution is 8.16. The molecule has 2 aliphatic heterocycles. The number of rotatable bonds is 5. The van der Waals surface area contributed by atoms with Crippen molar-refractivity contribution in [1.29, 1.82) is 0 Å². The van der Waals surface area contributed by atoms with E-state index in [4.69, 9.17) is 14.9 Å². The molecule has 2 aliphatic rings. The van der Waals surface area contributed by atoms with Gasteiger partial charge in [-0.3, -0.25) is 0 Å². The summed E-state index contributed by atoms with van der Waals surface area (Å²) in [6, 6.07) is 26.4. The first kappa shape index (κ1) is 22.2. The van der Waals surface area contributed by atoms with Crippen molar-refractivity contribution in [1.82, 2.24) is 0 Å². The number of ether oxygens (including phenoxy) is 1. The van der Waals surface area contributed by atoms with Crippen molar-refractivity contribution in [3.8, 4) is 0 Å². The van der Waals surface area contributed by atoms with Crippen molar-refractivity contribution in [2.45, 2.75) is 32.2 Å². The van der Waals surface area contributed by atoms with E-state index in [0.717, 1.165) is 40.2 Å². The standard InChI is InChI=1S/C27H26N4O2S/c1-4-23-21-16-10-11-17-22(21)27(30(28-23)20-14-7-6-8-15-20)31(24-18-12-9-13-19(24)3)29-25(34-27)26(32)33-5-2/h6-18H,4-5H2,1-3H3/t27-/m0/s1. The van der Waals surface area contributed by atoms with Gasteiger partial charge in [0.05, 0.1) is 23.7 Å². The molecule has 2 heterocycles. The minimum Gasteiger partial charge on any atom is -0.461 e. The van der Waals surface area contributed by atoms with E-state index in [1.807, 2.05) is 83.7 Å². The van der Waals surface area contributed by atoms with Crippen LogP contribution in [0.3, 0.4) is 0 Å². The quantitative estimate of drug-likeness (QED) is 0.437. The molecular weight excluding hydrogens is 444 g/mol. The van der Waals surface area contributed by atoms with Gasteiger partial charge < -0.3 is 4.74 Å². The third kappa shape index (κ3) is 3.47. The summed E-state index contributed by atoms with van der Waals surface area (Å²) in [5.74, 6) is -0.432. The van der Waals surface area contributed by atoms with E-state index >= 15 is 0 Å². The number of aryl methyl sites for hydroxylation is 1. The highest BCUT2D eigenvalue weighted by Gasteiger charge is 2.56. The van der Waals surface area contributed by atoms with Crippen LogP contribution < -0.4 is 10.0 Å². The monoisotopic (exact) mass is 470 g/mol. The second kappa shape index (κ2) is 8.99. The van der Waals surface area contributed by atoms with Gasteiger partial charge in [-0.15, -0.1) is 0 Å². The van der Waals surface area contributed by atoms with E-state index in [1.54, 1.807) is 6.92 Å². The van der Waals surface area contributed by atoms with Gasteiger partial charge >= 0.3 is 5.97 Å². The Kier molecular flexibility index (Phi) is 5.87. The molecule has 0 amide bonds. The molecule has 3 aromatic rings. The molecule has 0 fully saturated rings. The third-order valence-corrected chi connectivity index (χ3v) is 7.23. The van der Waals surface area contributed by atoms with Crippen LogP contribution in [0.1, 0.15) is 37.0 Å². The van der Waals surface area contributed by atoms with Gasteiger partial charge in [0.15, 0.2) is 0 Å². The van der Waals surface area contributed by atoms with E-state index in [9.17, 15) is 4.79 Å². The number of anilines is 2. The fraction of sp³-hybridized carbons (Fsp3) is 0.222. The first-order chi connectivity index (χ1) is 16.6. The second-order valence-corrected chi connectivity index (χ2v) is 9.19. The molecule has 172 valence electrons. The third-order valence-electron chi connectivity index (χ3n) is 5.94. The first-order valence-corrected chi connectivity index (χ1v) is 12.2. The maximum atomic E-state index is 13.0. The molecule has 0 N–H and O–H groups in total. The van der Waals surface area contributed by atoms with E-state index in [-0.39, 0.29) is 6.61 Å². The number of nitrogens with zero attached hydrogens (tertiary/aromatic N) is 4. The SMILES string of the molecule is CCOC(=O)C1=NN(c2ccccc2C)[C@]2(S1)c1ccccc1C(CC)=NN2c1ccccc1. The molecule has 0 saturated heterocycles. The Labute approximate surface area is 203 Å².